The number of aromatic nitrogens is 2. The number of aryl methyl sites for hydroxylation is 2. The van der Waals surface area contributed by atoms with Crippen molar-refractivity contribution in [3.05, 3.63) is 63.2 Å². The number of benzene rings is 1. The molecule has 0 atom stereocenters. The molecule has 0 bridgehead atoms. The first-order chi connectivity index (χ1) is 16.4. The topological polar surface area (TPSA) is 81.4 Å². The molecule has 1 aliphatic rings. The number of H-pyrrole nitrogens is 2. The lowest BCUT2D eigenvalue weighted by atomic mass is 9.93. The highest BCUT2D eigenvalue weighted by Gasteiger charge is 2.26. The number of likely N-dealkylation sites (tertiary alicyclic amines) is 1. The molecule has 1 fully saturated rings. The van der Waals surface area contributed by atoms with E-state index in [-0.39, 0.29) is 18.0 Å². The first-order valence-corrected chi connectivity index (χ1v) is 12.3. The average Bonchev–Trinajstić information content (AvgIpc) is 3.18. The number of piperidine rings is 1. The molecule has 0 saturated carbocycles. The number of pyridine rings is 1. The van der Waals surface area contributed by atoms with E-state index in [0.717, 1.165) is 61.2 Å². The number of nitrogens with zero attached hydrogens (tertiary/aromatic N) is 2. The van der Waals surface area contributed by atoms with Crippen molar-refractivity contribution in [2.24, 2.45) is 5.92 Å². The number of carbonyl (C=O) groups excluding carboxylic acids is 1. The molecule has 1 aromatic carbocycles. The van der Waals surface area contributed by atoms with Crippen molar-refractivity contribution in [2.45, 2.75) is 46.6 Å². The van der Waals surface area contributed by atoms with Crippen LogP contribution in [0.2, 0.25) is 0 Å². The van der Waals surface area contributed by atoms with E-state index in [9.17, 15) is 9.59 Å². The van der Waals surface area contributed by atoms with Gasteiger partial charge in [0.25, 0.3) is 11.5 Å². The van der Waals surface area contributed by atoms with Gasteiger partial charge in [-0.15, -0.1) is 0 Å². The van der Waals surface area contributed by atoms with E-state index in [1.54, 1.807) is 7.11 Å². The predicted molar refractivity (Wildman–Crippen MR) is 136 cm³/mol. The molecule has 3 heterocycles. The summed E-state index contributed by atoms with van der Waals surface area (Å²) in [5.74, 6) is 1.05. The number of rotatable bonds is 8. The average molecular weight is 465 g/mol. The summed E-state index contributed by atoms with van der Waals surface area (Å²) >= 11 is 0. The van der Waals surface area contributed by atoms with E-state index < -0.39 is 0 Å². The number of carbonyl (C=O) groups is 1. The summed E-state index contributed by atoms with van der Waals surface area (Å²) in [6.45, 7) is 10.1. The Bertz CT molecular complexity index is 1200. The third kappa shape index (κ3) is 5.04. The Morgan fingerprint density at radius 3 is 2.62 bits per heavy atom. The van der Waals surface area contributed by atoms with Crippen LogP contribution in [0.25, 0.3) is 10.9 Å². The van der Waals surface area contributed by atoms with E-state index in [1.165, 1.54) is 0 Å². The highest BCUT2D eigenvalue weighted by atomic mass is 16.5. The zero-order valence-electron chi connectivity index (χ0n) is 20.7. The molecule has 0 unspecified atom stereocenters. The zero-order chi connectivity index (χ0) is 24.2. The number of nitrogens with one attached hydrogen (secondary N) is 2. The number of aromatic amines is 2. The minimum absolute atomic E-state index is 0.0528. The minimum atomic E-state index is -0.207. The van der Waals surface area contributed by atoms with Crippen molar-refractivity contribution >= 4 is 16.8 Å². The Labute approximate surface area is 201 Å². The zero-order valence-corrected chi connectivity index (χ0v) is 20.7. The van der Waals surface area contributed by atoms with Crippen molar-refractivity contribution in [2.75, 3.05) is 33.3 Å². The summed E-state index contributed by atoms with van der Waals surface area (Å²) in [7, 11) is 1.56. The van der Waals surface area contributed by atoms with E-state index in [4.69, 9.17) is 4.74 Å². The molecule has 1 aliphatic heterocycles. The van der Waals surface area contributed by atoms with Crippen LogP contribution >= 0.6 is 0 Å². The van der Waals surface area contributed by atoms with Crippen LogP contribution in [0.4, 0.5) is 0 Å². The number of amides is 1. The molecule has 4 rings (SSSR count). The lowest BCUT2D eigenvalue weighted by Crippen LogP contribution is -2.37. The van der Waals surface area contributed by atoms with Crippen molar-refractivity contribution in [3.63, 3.8) is 0 Å². The Morgan fingerprint density at radius 1 is 1.18 bits per heavy atom. The van der Waals surface area contributed by atoms with Crippen LogP contribution in [0.15, 0.2) is 35.1 Å². The standard InChI is InChI=1S/C27H36N4O3/c1-5-30-13-10-20(11-14-30)12-15-31(17-22-24(34-4)16-18(2)28-26(22)32)27(33)25-19(3)29-23-9-7-6-8-21(23)25/h6-9,16,20,29H,5,10-15,17H2,1-4H3,(H,28,32). The van der Waals surface area contributed by atoms with E-state index in [2.05, 4.69) is 21.8 Å². The Hall–Kier alpha value is -3.06. The maximum absolute atomic E-state index is 13.9. The van der Waals surface area contributed by atoms with Gasteiger partial charge in [0.05, 0.1) is 24.8 Å². The Morgan fingerprint density at radius 2 is 1.91 bits per heavy atom. The molecular formula is C27H36N4O3. The van der Waals surface area contributed by atoms with Crippen molar-refractivity contribution in [3.8, 4) is 5.75 Å². The van der Waals surface area contributed by atoms with Crippen LogP contribution in [0, 0.1) is 19.8 Å². The SMILES string of the molecule is CCN1CCC(CCN(Cc2c(OC)cc(C)[nH]c2=O)C(=O)c2c(C)[nH]c3ccccc23)CC1. The van der Waals surface area contributed by atoms with E-state index >= 15 is 0 Å². The van der Waals surface area contributed by atoms with Crippen molar-refractivity contribution < 1.29 is 9.53 Å². The van der Waals surface area contributed by atoms with Gasteiger partial charge in [0.1, 0.15) is 5.75 Å². The summed E-state index contributed by atoms with van der Waals surface area (Å²) in [4.78, 5) is 37.3. The third-order valence-corrected chi connectivity index (χ3v) is 7.15. The van der Waals surface area contributed by atoms with Crippen LogP contribution < -0.4 is 10.3 Å². The first kappa shape index (κ1) is 24.1. The number of methoxy groups -OCH3 is 1. The van der Waals surface area contributed by atoms with Gasteiger partial charge in [-0.3, -0.25) is 9.59 Å². The van der Waals surface area contributed by atoms with Gasteiger partial charge in [0.2, 0.25) is 0 Å². The van der Waals surface area contributed by atoms with Gasteiger partial charge in [-0.1, -0.05) is 25.1 Å². The second kappa shape index (κ2) is 10.5. The fraction of sp³-hybridized carbons (Fsp3) is 0.481. The lowest BCUT2D eigenvalue weighted by molar-refractivity contribution is 0.0721. The lowest BCUT2D eigenvalue weighted by Gasteiger charge is -2.32. The summed E-state index contributed by atoms with van der Waals surface area (Å²) in [5.41, 5.74) is 3.48. The second-order valence-electron chi connectivity index (χ2n) is 9.39. The molecule has 3 aromatic rings. The smallest absolute Gasteiger partial charge is 0.256 e. The van der Waals surface area contributed by atoms with Gasteiger partial charge in [0, 0.05) is 28.8 Å². The predicted octanol–water partition coefficient (Wildman–Crippen LogP) is 4.25. The van der Waals surface area contributed by atoms with Crippen molar-refractivity contribution in [1.29, 1.82) is 0 Å². The molecule has 1 amide bonds. The van der Waals surface area contributed by atoms with Gasteiger partial charge in [-0.25, -0.2) is 0 Å². The molecule has 0 radical (unpaired) electrons. The van der Waals surface area contributed by atoms with Crippen LogP contribution in [-0.4, -0.2) is 59.0 Å². The van der Waals surface area contributed by atoms with Gasteiger partial charge >= 0.3 is 0 Å². The third-order valence-electron chi connectivity index (χ3n) is 7.15. The molecule has 2 aromatic heterocycles. The van der Waals surface area contributed by atoms with Crippen molar-refractivity contribution in [1.82, 2.24) is 19.8 Å². The van der Waals surface area contributed by atoms with Gasteiger partial charge in [-0.05, 0) is 70.8 Å². The van der Waals surface area contributed by atoms with Gasteiger partial charge in [-0.2, -0.15) is 0 Å². The fourth-order valence-corrected chi connectivity index (χ4v) is 5.10. The van der Waals surface area contributed by atoms with E-state index in [0.29, 0.717) is 29.3 Å². The molecule has 7 heteroatoms. The van der Waals surface area contributed by atoms with E-state index in [1.807, 2.05) is 49.1 Å². The Balaban J connectivity index is 1.63. The summed E-state index contributed by atoms with van der Waals surface area (Å²) in [6, 6.07) is 9.69. The maximum atomic E-state index is 13.9. The molecule has 7 nitrogen and oxygen atoms in total. The number of hydrogen-bond acceptors (Lipinski definition) is 4. The number of ether oxygens (including phenoxy) is 1. The largest absolute Gasteiger partial charge is 0.496 e. The number of fused-ring (bicyclic) bond motifs is 1. The highest BCUT2D eigenvalue weighted by Crippen LogP contribution is 2.27. The quantitative estimate of drug-likeness (QED) is 0.522. The highest BCUT2D eigenvalue weighted by molar-refractivity contribution is 6.08. The molecular weight excluding hydrogens is 428 g/mol. The molecule has 2 N–H and O–H groups in total. The summed E-state index contributed by atoms with van der Waals surface area (Å²) in [5, 5.41) is 0.913. The summed E-state index contributed by atoms with van der Waals surface area (Å²) < 4.78 is 5.52. The second-order valence-corrected chi connectivity index (χ2v) is 9.39. The Kier molecular flexibility index (Phi) is 7.41. The van der Waals surface area contributed by atoms with Crippen LogP contribution in [-0.2, 0) is 6.54 Å². The molecule has 182 valence electrons. The van der Waals surface area contributed by atoms with Crippen LogP contribution in [0.3, 0.4) is 0 Å². The fourth-order valence-electron chi connectivity index (χ4n) is 5.10. The van der Waals surface area contributed by atoms with Crippen LogP contribution in [0.1, 0.15) is 53.5 Å². The normalized spacial score (nSPS) is 15.1. The molecule has 1 saturated heterocycles. The number of para-hydroxylation sites is 1. The number of hydrogen-bond donors (Lipinski definition) is 2. The molecule has 0 spiro atoms. The maximum Gasteiger partial charge on any atom is 0.256 e. The van der Waals surface area contributed by atoms with Crippen LogP contribution in [0.5, 0.6) is 5.75 Å². The molecule has 0 aliphatic carbocycles. The van der Waals surface area contributed by atoms with Gasteiger partial charge in [0.15, 0.2) is 0 Å². The first-order valence-electron chi connectivity index (χ1n) is 12.3. The molecule has 34 heavy (non-hydrogen) atoms. The summed E-state index contributed by atoms with van der Waals surface area (Å²) in [6.07, 6.45) is 3.23. The van der Waals surface area contributed by atoms with Gasteiger partial charge < -0.3 is 24.5 Å². The minimum Gasteiger partial charge on any atom is -0.496 e. The monoisotopic (exact) mass is 464 g/mol.